The first-order chi connectivity index (χ1) is 12.9. The number of nitrogens with one attached hydrogen (secondary N) is 2. The Kier molecular flexibility index (Phi) is 4.34. The van der Waals surface area contributed by atoms with E-state index in [9.17, 15) is 14.0 Å². The van der Waals surface area contributed by atoms with Gasteiger partial charge in [-0.25, -0.2) is 9.18 Å². The fourth-order valence-electron chi connectivity index (χ4n) is 3.87. The predicted molar refractivity (Wildman–Crippen MR) is 102 cm³/mol. The molecule has 2 atom stereocenters. The minimum Gasteiger partial charge on any atom is -0.326 e. The van der Waals surface area contributed by atoms with Gasteiger partial charge in [0.1, 0.15) is 5.82 Å². The normalized spacial score (nSPS) is 23.3. The van der Waals surface area contributed by atoms with Crippen LogP contribution < -0.4 is 10.6 Å². The van der Waals surface area contributed by atoms with Crippen LogP contribution in [0, 0.1) is 24.1 Å². The van der Waals surface area contributed by atoms with Crippen molar-refractivity contribution in [2.75, 3.05) is 23.7 Å². The first kappa shape index (κ1) is 17.5. The number of likely N-dealkylation sites (tertiary alicyclic amines) is 1. The molecular formula is C21H22FN3O2. The minimum absolute atomic E-state index is 0.0959. The number of halogens is 1. The maximum Gasteiger partial charge on any atom is 0.321 e. The lowest BCUT2D eigenvalue weighted by atomic mass is 10.0. The highest BCUT2D eigenvalue weighted by Crippen LogP contribution is 2.58. The van der Waals surface area contributed by atoms with Gasteiger partial charge in [-0.3, -0.25) is 4.79 Å². The van der Waals surface area contributed by atoms with Crippen molar-refractivity contribution in [3.63, 3.8) is 0 Å². The van der Waals surface area contributed by atoms with Gasteiger partial charge in [-0.1, -0.05) is 23.8 Å². The molecule has 2 N–H and O–H groups in total. The molecule has 3 amide bonds. The second kappa shape index (κ2) is 6.68. The molecule has 27 heavy (non-hydrogen) atoms. The zero-order valence-corrected chi connectivity index (χ0v) is 15.2. The molecule has 0 bridgehead atoms. The molecule has 6 heteroatoms. The Morgan fingerprint density at radius 1 is 1.11 bits per heavy atom. The summed E-state index contributed by atoms with van der Waals surface area (Å²) in [5.74, 6) is -0.600. The van der Waals surface area contributed by atoms with E-state index < -0.39 is 0 Å². The van der Waals surface area contributed by atoms with Gasteiger partial charge in [0.15, 0.2) is 0 Å². The second-order valence-electron chi connectivity index (χ2n) is 7.59. The van der Waals surface area contributed by atoms with Crippen LogP contribution in [0.5, 0.6) is 0 Å². The van der Waals surface area contributed by atoms with Crippen LogP contribution in [-0.2, 0) is 4.79 Å². The fraction of sp³-hybridized carbons (Fsp3) is 0.333. The Balaban J connectivity index is 1.33. The Morgan fingerprint density at radius 2 is 1.89 bits per heavy atom. The zero-order valence-electron chi connectivity index (χ0n) is 15.2. The zero-order chi connectivity index (χ0) is 19.0. The minimum atomic E-state index is -0.377. The van der Waals surface area contributed by atoms with Crippen molar-refractivity contribution in [2.24, 2.45) is 11.3 Å². The summed E-state index contributed by atoms with van der Waals surface area (Å²) >= 11 is 0. The number of carbonyl (C=O) groups excluding carboxylic acids is 2. The third kappa shape index (κ3) is 3.65. The molecule has 1 saturated heterocycles. The van der Waals surface area contributed by atoms with Gasteiger partial charge in [-0.05, 0) is 50.1 Å². The van der Waals surface area contributed by atoms with Gasteiger partial charge in [0.25, 0.3) is 0 Å². The van der Waals surface area contributed by atoms with E-state index >= 15 is 0 Å². The fourth-order valence-corrected chi connectivity index (χ4v) is 3.87. The summed E-state index contributed by atoms with van der Waals surface area (Å²) in [6.45, 7) is 3.21. The van der Waals surface area contributed by atoms with E-state index in [0.29, 0.717) is 18.8 Å². The van der Waals surface area contributed by atoms with E-state index in [0.717, 1.165) is 24.1 Å². The number of carbonyl (C=O) groups is 2. The summed E-state index contributed by atoms with van der Waals surface area (Å²) in [6, 6.07) is 13.4. The van der Waals surface area contributed by atoms with Crippen molar-refractivity contribution in [2.45, 2.75) is 19.8 Å². The smallest absolute Gasteiger partial charge is 0.321 e. The van der Waals surface area contributed by atoms with Crippen molar-refractivity contribution in [3.8, 4) is 0 Å². The third-order valence-electron chi connectivity index (χ3n) is 5.57. The lowest BCUT2D eigenvalue weighted by Crippen LogP contribution is -2.33. The van der Waals surface area contributed by atoms with Crippen molar-refractivity contribution in [1.82, 2.24) is 4.90 Å². The average molecular weight is 367 g/mol. The van der Waals surface area contributed by atoms with E-state index in [1.807, 2.05) is 31.2 Å². The van der Waals surface area contributed by atoms with Gasteiger partial charge in [-0.2, -0.15) is 0 Å². The largest absolute Gasteiger partial charge is 0.326 e. The molecule has 2 aromatic carbocycles. The molecule has 140 valence electrons. The molecule has 1 spiro atoms. The van der Waals surface area contributed by atoms with Gasteiger partial charge >= 0.3 is 6.03 Å². The van der Waals surface area contributed by atoms with Crippen LogP contribution in [0.1, 0.15) is 18.4 Å². The molecule has 1 aliphatic carbocycles. The van der Waals surface area contributed by atoms with Gasteiger partial charge in [-0.15, -0.1) is 0 Å². The van der Waals surface area contributed by atoms with E-state index in [1.54, 1.807) is 17.0 Å². The van der Waals surface area contributed by atoms with Gasteiger partial charge in [0, 0.05) is 35.8 Å². The summed E-state index contributed by atoms with van der Waals surface area (Å²) in [6.07, 6.45) is 1.58. The molecule has 2 aliphatic rings. The van der Waals surface area contributed by atoms with Crippen LogP contribution in [-0.4, -0.2) is 29.9 Å². The Labute approximate surface area is 157 Å². The number of hydrogen-bond acceptors (Lipinski definition) is 2. The Morgan fingerprint density at radius 3 is 2.63 bits per heavy atom. The number of nitrogens with zero attached hydrogens (tertiary/aromatic N) is 1. The van der Waals surface area contributed by atoms with Crippen LogP contribution in [0.2, 0.25) is 0 Å². The summed E-state index contributed by atoms with van der Waals surface area (Å²) in [5, 5.41) is 5.70. The molecule has 0 aromatic heterocycles. The highest BCUT2D eigenvalue weighted by molar-refractivity contribution is 5.95. The van der Waals surface area contributed by atoms with Crippen LogP contribution in [0.4, 0.5) is 20.6 Å². The van der Waals surface area contributed by atoms with E-state index in [1.165, 1.54) is 12.1 Å². The van der Waals surface area contributed by atoms with Gasteiger partial charge < -0.3 is 15.5 Å². The van der Waals surface area contributed by atoms with Crippen LogP contribution in [0.25, 0.3) is 0 Å². The molecule has 1 saturated carbocycles. The number of anilines is 2. The number of aryl methyl sites for hydroxylation is 1. The maximum absolute atomic E-state index is 13.3. The highest BCUT2D eigenvalue weighted by Gasteiger charge is 2.61. The van der Waals surface area contributed by atoms with Crippen molar-refractivity contribution >= 4 is 23.3 Å². The summed E-state index contributed by atoms with van der Waals surface area (Å²) in [4.78, 5) is 26.8. The van der Waals surface area contributed by atoms with Crippen LogP contribution in [0.15, 0.2) is 48.5 Å². The molecule has 2 aromatic rings. The summed E-state index contributed by atoms with van der Waals surface area (Å²) in [7, 11) is 0. The first-order valence-electron chi connectivity index (χ1n) is 9.14. The highest BCUT2D eigenvalue weighted by atomic mass is 19.1. The quantitative estimate of drug-likeness (QED) is 0.861. The Hall–Kier alpha value is -2.89. The lowest BCUT2D eigenvalue weighted by molar-refractivity contribution is -0.118. The van der Waals surface area contributed by atoms with Crippen LogP contribution in [0.3, 0.4) is 0 Å². The number of benzene rings is 2. The van der Waals surface area contributed by atoms with E-state index in [4.69, 9.17) is 0 Å². The summed E-state index contributed by atoms with van der Waals surface area (Å²) in [5.41, 5.74) is 2.23. The topological polar surface area (TPSA) is 61.4 Å². The maximum atomic E-state index is 13.3. The molecule has 2 fully saturated rings. The first-order valence-corrected chi connectivity index (χ1v) is 9.14. The average Bonchev–Trinajstić information content (AvgIpc) is 3.17. The van der Waals surface area contributed by atoms with Gasteiger partial charge in [0.2, 0.25) is 5.91 Å². The SMILES string of the molecule is Cc1ccc(NC(=O)N2CC[C@]3(C[C@H]3C(=O)Nc3cccc(F)c3)C2)cc1. The molecule has 1 aliphatic heterocycles. The molecular weight excluding hydrogens is 345 g/mol. The van der Waals surface area contributed by atoms with Crippen LogP contribution >= 0.6 is 0 Å². The van der Waals surface area contributed by atoms with Crippen molar-refractivity contribution in [1.29, 1.82) is 0 Å². The summed E-state index contributed by atoms with van der Waals surface area (Å²) < 4.78 is 13.3. The molecule has 0 radical (unpaired) electrons. The predicted octanol–water partition coefficient (Wildman–Crippen LogP) is 4.02. The number of urea groups is 1. The molecule has 1 heterocycles. The van der Waals surface area contributed by atoms with Crippen molar-refractivity contribution < 1.29 is 14.0 Å². The monoisotopic (exact) mass is 367 g/mol. The standard InChI is InChI=1S/C21H22FN3O2/c1-14-5-7-16(8-6-14)24-20(27)25-10-9-21(13-25)12-18(21)19(26)23-17-4-2-3-15(22)11-17/h2-8,11,18H,9-10,12-13H2,1H3,(H,23,26)(H,24,27)/t18-,21-/m0/s1. The lowest BCUT2D eigenvalue weighted by Gasteiger charge is -2.17. The molecule has 0 unspecified atom stereocenters. The number of rotatable bonds is 3. The number of hydrogen-bond donors (Lipinski definition) is 2. The van der Waals surface area contributed by atoms with Gasteiger partial charge in [0.05, 0.1) is 0 Å². The second-order valence-corrected chi connectivity index (χ2v) is 7.59. The van der Waals surface area contributed by atoms with E-state index in [-0.39, 0.29) is 29.1 Å². The third-order valence-corrected chi connectivity index (χ3v) is 5.57. The Bertz CT molecular complexity index is 883. The van der Waals surface area contributed by atoms with Crippen molar-refractivity contribution in [3.05, 3.63) is 59.9 Å². The van der Waals surface area contributed by atoms with E-state index in [2.05, 4.69) is 10.6 Å². The molecule has 5 nitrogen and oxygen atoms in total. The number of amides is 3. The molecule has 4 rings (SSSR count).